The van der Waals surface area contributed by atoms with Crippen molar-refractivity contribution in [2.24, 2.45) is 0 Å². The van der Waals surface area contributed by atoms with E-state index in [1.54, 1.807) is 31.2 Å². The van der Waals surface area contributed by atoms with Crippen molar-refractivity contribution in [2.75, 3.05) is 6.54 Å². The second kappa shape index (κ2) is 8.30. The molecule has 1 heterocycles. The van der Waals surface area contributed by atoms with Crippen LogP contribution in [0.15, 0.2) is 47.1 Å². The normalized spacial score (nSPS) is 13.4. The summed E-state index contributed by atoms with van der Waals surface area (Å²) in [6, 6.07) is 8.39. The molecule has 8 heteroatoms. The number of amides is 2. The van der Waals surface area contributed by atoms with Gasteiger partial charge in [-0.3, -0.25) is 0 Å². The minimum absolute atomic E-state index is 0.00671. The third kappa shape index (κ3) is 5.24. The van der Waals surface area contributed by atoms with Crippen molar-refractivity contribution in [3.8, 4) is 5.75 Å². The Kier molecular flexibility index (Phi) is 6.14. The lowest BCUT2D eigenvalue weighted by atomic mass is 10.1. The molecule has 0 fully saturated rings. The molecule has 3 N–H and O–H groups in total. The molecular formula is C16H18F2N2O4. The Morgan fingerprint density at radius 3 is 2.58 bits per heavy atom. The number of carbonyl (C=O) groups excluding carboxylic acids is 1. The lowest BCUT2D eigenvalue weighted by Gasteiger charge is -2.16. The Hall–Kier alpha value is -2.61. The molecule has 6 nitrogen and oxygen atoms in total. The maximum atomic E-state index is 12.1. The summed E-state index contributed by atoms with van der Waals surface area (Å²) in [7, 11) is 0. The number of halogens is 2. The molecule has 2 unspecified atom stereocenters. The van der Waals surface area contributed by atoms with Gasteiger partial charge in [0.05, 0.1) is 18.8 Å². The van der Waals surface area contributed by atoms with Crippen LogP contribution in [0.4, 0.5) is 13.6 Å². The highest BCUT2D eigenvalue weighted by Crippen LogP contribution is 2.19. The molecule has 1 aromatic heterocycles. The first-order valence-electron chi connectivity index (χ1n) is 7.26. The van der Waals surface area contributed by atoms with E-state index in [0.29, 0.717) is 5.76 Å². The minimum Gasteiger partial charge on any atom is -0.467 e. The van der Waals surface area contributed by atoms with Crippen LogP contribution in [0.2, 0.25) is 0 Å². The quantitative estimate of drug-likeness (QED) is 0.723. The first kappa shape index (κ1) is 17.7. The van der Waals surface area contributed by atoms with E-state index in [1.807, 2.05) is 0 Å². The first-order valence-corrected chi connectivity index (χ1v) is 7.26. The highest BCUT2D eigenvalue weighted by atomic mass is 19.3. The largest absolute Gasteiger partial charge is 0.467 e. The molecule has 2 atom stereocenters. The Morgan fingerprint density at radius 2 is 2.00 bits per heavy atom. The van der Waals surface area contributed by atoms with Gasteiger partial charge in [0.25, 0.3) is 0 Å². The molecule has 2 aromatic rings. The summed E-state index contributed by atoms with van der Waals surface area (Å²) in [4.78, 5) is 11.8. The van der Waals surface area contributed by atoms with Crippen molar-refractivity contribution in [3.63, 3.8) is 0 Å². The molecule has 0 radical (unpaired) electrons. The Morgan fingerprint density at radius 1 is 1.29 bits per heavy atom. The lowest BCUT2D eigenvalue weighted by Crippen LogP contribution is -2.39. The molecule has 0 bridgehead atoms. The molecule has 0 spiro atoms. The number of urea groups is 1. The van der Waals surface area contributed by atoms with E-state index in [9.17, 15) is 18.7 Å². The molecule has 1 aromatic carbocycles. The van der Waals surface area contributed by atoms with E-state index in [4.69, 9.17) is 4.42 Å². The SMILES string of the molecule is CC(NC(=O)NCC(O)c1ccco1)c1ccc(OC(F)F)cc1. The molecule has 0 aliphatic carbocycles. The van der Waals surface area contributed by atoms with Gasteiger partial charge < -0.3 is 24.9 Å². The average Bonchev–Trinajstić information content (AvgIpc) is 3.07. The maximum absolute atomic E-state index is 12.1. The second-order valence-electron chi connectivity index (χ2n) is 5.05. The van der Waals surface area contributed by atoms with Gasteiger partial charge in [0.1, 0.15) is 17.6 Å². The zero-order valence-corrected chi connectivity index (χ0v) is 12.9. The molecule has 0 aliphatic rings. The number of nitrogens with one attached hydrogen (secondary N) is 2. The van der Waals surface area contributed by atoms with Gasteiger partial charge in [-0.2, -0.15) is 8.78 Å². The van der Waals surface area contributed by atoms with Crippen LogP contribution in [0.25, 0.3) is 0 Å². The number of rotatable bonds is 7. The van der Waals surface area contributed by atoms with Crippen molar-refractivity contribution in [3.05, 3.63) is 54.0 Å². The number of carbonyl (C=O) groups is 1. The van der Waals surface area contributed by atoms with Crippen molar-refractivity contribution in [2.45, 2.75) is 25.7 Å². The van der Waals surface area contributed by atoms with Gasteiger partial charge >= 0.3 is 12.6 Å². The van der Waals surface area contributed by atoms with E-state index in [2.05, 4.69) is 15.4 Å². The minimum atomic E-state index is -2.88. The number of aliphatic hydroxyl groups excluding tert-OH is 1. The molecule has 2 rings (SSSR count). The van der Waals surface area contributed by atoms with E-state index in [-0.39, 0.29) is 18.3 Å². The summed E-state index contributed by atoms with van der Waals surface area (Å²) in [6.07, 6.45) is 0.495. The van der Waals surface area contributed by atoms with Crippen LogP contribution in [0.1, 0.15) is 30.4 Å². The molecule has 0 saturated carbocycles. The van der Waals surface area contributed by atoms with Crippen molar-refractivity contribution < 1.29 is 27.8 Å². The maximum Gasteiger partial charge on any atom is 0.387 e. The van der Waals surface area contributed by atoms with Gasteiger partial charge in [0.15, 0.2) is 0 Å². The molecule has 0 saturated heterocycles. The standard InChI is InChI=1S/C16H18F2N2O4/c1-10(11-4-6-12(7-5-11)24-15(17)18)20-16(22)19-9-13(21)14-3-2-8-23-14/h2-8,10,13,15,21H,9H2,1H3,(H2,19,20,22). The van der Waals surface area contributed by atoms with Crippen LogP contribution in [-0.4, -0.2) is 24.3 Å². The number of aliphatic hydroxyl groups is 1. The van der Waals surface area contributed by atoms with Crippen molar-refractivity contribution in [1.29, 1.82) is 0 Å². The average molecular weight is 340 g/mol. The van der Waals surface area contributed by atoms with E-state index >= 15 is 0 Å². The van der Waals surface area contributed by atoms with Crippen molar-refractivity contribution in [1.82, 2.24) is 10.6 Å². The highest BCUT2D eigenvalue weighted by Gasteiger charge is 2.14. The van der Waals surface area contributed by atoms with Gasteiger partial charge in [-0.25, -0.2) is 4.79 Å². The van der Waals surface area contributed by atoms with Crippen LogP contribution in [0.3, 0.4) is 0 Å². The van der Waals surface area contributed by atoms with Crippen LogP contribution in [0.5, 0.6) is 5.75 Å². The summed E-state index contributed by atoms with van der Waals surface area (Å²) in [5.41, 5.74) is 0.721. The summed E-state index contributed by atoms with van der Waals surface area (Å²) < 4.78 is 33.5. The van der Waals surface area contributed by atoms with E-state index < -0.39 is 18.7 Å². The van der Waals surface area contributed by atoms with E-state index in [0.717, 1.165) is 5.56 Å². The van der Waals surface area contributed by atoms with Gasteiger partial charge in [-0.05, 0) is 36.8 Å². The molecule has 24 heavy (non-hydrogen) atoms. The second-order valence-corrected chi connectivity index (χ2v) is 5.05. The first-order chi connectivity index (χ1) is 11.5. The number of furan rings is 1. The predicted octanol–water partition coefficient (Wildman–Crippen LogP) is 2.97. The van der Waals surface area contributed by atoms with Crippen LogP contribution in [0, 0.1) is 0 Å². The zero-order chi connectivity index (χ0) is 17.5. The van der Waals surface area contributed by atoms with E-state index in [1.165, 1.54) is 18.4 Å². The number of alkyl halides is 2. The predicted molar refractivity (Wildman–Crippen MR) is 81.7 cm³/mol. The Bertz CT molecular complexity index is 632. The fourth-order valence-corrected chi connectivity index (χ4v) is 2.04. The van der Waals surface area contributed by atoms with Crippen LogP contribution < -0.4 is 15.4 Å². The number of hydrogen-bond acceptors (Lipinski definition) is 4. The summed E-state index contributed by atoms with van der Waals surface area (Å²) in [5.74, 6) is 0.407. The Balaban J connectivity index is 1.80. The number of benzene rings is 1. The smallest absolute Gasteiger partial charge is 0.387 e. The molecular weight excluding hydrogens is 322 g/mol. The monoisotopic (exact) mass is 340 g/mol. The van der Waals surface area contributed by atoms with Gasteiger partial charge in [-0.15, -0.1) is 0 Å². The van der Waals surface area contributed by atoms with Gasteiger partial charge in [-0.1, -0.05) is 12.1 Å². The third-order valence-corrected chi connectivity index (χ3v) is 3.28. The Labute approximate surface area is 137 Å². The highest BCUT2D eigenvalue weighted by molar-refractivity contribution is 5.74. The topological polar surface area (TPSA) is 83.7 Å². The fourth-order valence-electron chi connectivity index (χ4n) is 2.04. The summed E-state index contributed by atoms with van der Waals surface area (Å²) >= 11 is 0. The van der Waals surface area contributed by atoms with Crippen LogP contribution >= 0.6 is 0 Å². The van der Waals surface area contributed by atoms with Crippen molar-refractivity contribution >= 4 is 6.03 Å². The zero-order valence-electron chi connectivity index (χ0n) is 12.9. The number of hydrogen-bond donors (Lipinski definition) is 3. The van der Waals surface area contributed by atoms with Gasteiger partial charge in [0.2, 0.25) is 0 Å². The third-order valence-electron chi connectivity index (χ3n) is 3.28. The fraction of sp³-hybridized carbons (Fsp3) is 0.312. The summed E-state index contributed by atoms with van der Waals surface area (Å²) in [6.45, 7) is -1.14. The molecule has 0 aliphatic heterocycles. The van der Waals surface area contributed by atoms with Gasteiger partial charge in [0, 0.05) is 0 Å². The van der Waals surface area contributed by atoms with Crippen LogP contribution in [-0.2, 0) is 0 Å². The molecule has 130 valence electrons. The summed E-state index contributed by atoms with van der Waals surface area (Å²) in [5, 5.41) is 15.0. The lowest BCUT2D eigenvalue weighted by molar-refractivity contribution is -0.0498. The number of ether oxygens (including phenoxy) is 1. The molecule has 2 amide bonds.